The molecule has 4 rings (SSSR count). The van der Waals surface area contributed by atoms with E-state index in [0.29, 0.717) is 11.1 Å². The number of benzene rings is 2. The highest BCUT2D eigenvalue weighted by Crippen LogP contribution is 2.36. The number of hydrogen-bond donors (Lipinski definition) is 1. The molecule has 2 saturated heterocycles. The van der Waals surface area contributed by atoms with E-state index in [1.165, 1.54) is 48.5 Å². The Morgan fingerprint density at radius 1 is 1.08 bits per heavy atom. The lowest BCUT2D eigenvalue weighted by Gasteiger charge is -2.32. The molecule has 5 nitrogen and oxygen atoms in total. The van der Waals surface area contributed by atoms with E-state index in [4.69, 9.17) is 4.74 Å². The summed E-state index contributed by atoms with van der Waals surface area (Å²) in [6, 6.07) is 6.57. The van der Waals surface area contributed by atoms with E-state index < -0.39 is 60.6 Å². The maximum absolute atomic E-state index is 14.4. The topological polar surface area (TPSA) is 58.6 Å². The highest BCUT2D eigenvalue weighted by molar-refractivity contribution is 5.94. The lowest BCUT2D eigenvalue weighted by atomic mass is 9.97. The van der Waals surface area contributed by atoms with Crippen LogP contribution in [0, 0.1) is 11.7 Å². The zero-order valence-electron chi connectivity index (χ0n) is 19.8. The molecule has 1 N–H and O–H groups in total. The Labute approximate surface area is 205 Å². The second-order valence-electron chi connectivity index (χ2n) is 9.65. The van der Waals surface area contributed by atoms with Crippen molar-refractivity contribution in [3.8, 4) is 11.1 Å². The molecule has 2 aliphatic heterocycles. The summed E-state index contributed by atoms with van der Waals surface area (Å²) in [6.45, 7) is 2.79. The molecule has 36 heavy (non-hydrogen) atoms. The Balaban J connectivity index is 1.59. The standard InChI is InChI=1S/C26H27F5N2O3/c1-14(2)11-20(25(35)33-12-19(28)23-22(33)21(34)13-36-23)32-24(26(29,30)31)17-5-3-15(4-6-17)16-7-9-18(27)10-8-16/h3-10,14,19-20,22-24,32H,11-13H2,1-2H3/t19-,20-,22+,23+,24?/m0/s1. The number of hydrogen-bond acceptors (Lipinski definition) is 4. The van der Waals surface area contributed by atoms with Crippen LogP contribution in [0.3, 0.4) is 0 Å². The monoisotopic (exact) mass is 510 g/mol. The van der Waals surface area contributed by atoms with Gasteiger partial charge in [-0.05, 0) is 41.2 Å². The predicted molar refractivity (Wildman–Crippen MR) is 122 cm³/mol. The molecule has 10 heteroatoms. The minimum absolute atomic E-state index is 0.0545. The third-order valence-corrected chi connectivity index (χ3v) is 6.53. The van der Waals surface area contributed by atoms with Gasteiger partial charge in [0, 0.05) is 0 Å². The number of carbonyl (C=O) groups is 2. The van der Waals surface area contributed by atoms with Crippen molar-refractivity contribution < 1.29 is 36.3 Å². The number of Topliss-reactive ketones (excluding diaryl/α,β-unsaturated/α-hetero) is 1. The summed E-state index contributed by atoms with van der Waals surface area (Å²) in [6.07, 6.45) is -7.35. The SMILES string of the molecule is CC(C)C[C@H](NC(c1ccc(-c2ccc(F)cc2)cc1)C(F)(F)F)C(=O)N1C[C@H](F)[C@H]2OCC(=O)[C@H]21. The zero-order chi connectivity index (χ0) is 26.2. The maximum atomic E-state index is 14.4. The predicted octanol–water partition coefficient (Wildman–Crippen LogP) is 4.62. The highest BCUT2D eigenvalue weighted by atomic mass is 19.4. The van der Waals surface area contributed by atoms with Gasteiger partial charge in [-0.15, -0.1) is 0 Å². The lowest BCUT2D eigenvalue weighted by molar-refractivity contribution is -0.163. The van der Waals surface area contributed by atoms with Crippen LogP contribution in [0.25, 0.3) is 11.1 Å². The number of likely N-dealkylation sites (tertiary alicyclic amines) is 1. The van der Waals surface area contributed by atoms with Crippen molar-refractivity contribution in [2.24, 2.45) is 5.92 Å². The minimum Gasteiger partial charge on any atom is -0.365 e. The van der Waals surface area contributed by atoms with E-state index in [9.17, 15) is 31.5 Å². The number of ether oxygens (including phenoxy) is 1. The molecule has 0 bridgehead atoms. The first-order chi connectivity index (χ1) is 17.0. The second kappa shape index (κ2) is 10.3. The molecule has 0 saturated carbocycles. The molecule has 1 unspecified atom stereocenters. The van der Waals surface area contributed by atoms with Gasteiger partial charge in [-0.1, -0.05) is 50.2 Å². The third-order valence-electron chi connectivity index (χ3n) is 6.53. The molecule has 2 aromatic carbocycles. The molecule has 5 atom stereocenters. The van der Waals surface area contributed by atoms with E-state index in [0.717, 1.165) is 4.90 Å². The van der Waals surface area contributed by atoms with Gasteiger partial charge in [-0.25, -0.2) is 8.78 Å². The summed E-state index contributed by atoms with van der Waals surface area (Å²) in [5, 5.41) is 2.45. The largest absolute Gasteiger partial charge is 0.407 e. The Hall–Kier alpha value is -2.85. The molecule has 0 aliphatic carbocycles. The molecule has 1 amide bonds. The summed E-state index contributed by atoms with van der Waals surface area (Å²) in [4.78, 5) is 26.6. The van der Waals surface area contributed by atoms with Crippen LogP contribution in [0.15, 0.2) is 48.5 Å². The zero-order valence-corrected chi connectivity index (χ0v) is 19.8. The van der Waals surface area contributed by atoms with Crippen LogP contribution in [-0.4, -0.2) is 60.3 Å². The molecule has 2 aliphatic rings. The number of carbonyl (C=O) groups excluding carboxylic acids is 2. The van der Waals surface area contributed by atoms with Crippen molar-refractivity contribution in [3.05, 3.63) is 59.9 Å². The molecule has 2 fully saturated rings. The molecule has 0 spiro atoms. The van der Waals surface area contributed by atoms with E-state index in [1.54, 1.807) is 13.8 Å². The number of ketones is 1. The average Bonchev–Trinajstić information content (AvgIpc) is 3.36. The van der Waals surface area contributed by atoms with Gasteiger partial charge in [0.25, 0.3) is 0 Å². The maximum Gasteiger partial charge on any atom is 0.407 e. The Morgan fingerprint density at radius 3 is 2.22 bits per heavy atom. The van der Waals surface area contributed by atoms with Gasteiger partial charge in [0.2, 0.25) is 5.91 Å². The van der Waals surface area contributed by atoms with E-state index in [1.807, 2.05) is 0 Å². The summed E-state index contributed by atoms with van der Waals surface area (Å²) < 4.78 is 75.3. The summed E-state index contributed by atoms with van der Waals surface area (Å²) in [5.41, 5.74) is 1.13. The van der Waals surface area contributed by atoms with Crippen LogP contribution < -0.4 is 5.32 Å². The summed E-state index contributed by atoms with van der Waals surface area (Å²) >= 11 is 0. The van der Waals surface area contributed by atoms with E-state index in [-0.39, 0.29) is 24.5 Å². The Morgan fingerprint density at radius 2 is 1.67 bits per heavy atom. The first kappa shape index (κ1) is 26.2. The number of rotatable bonds is 7. The quantitative estimate of drug-likeness (QED) is 0.553. The average molecular weight is 511 g/mol. The first-order valence-electron chi connectivity index (χ1n) is 11.7. The number of halogens is 5. The Kier molecular flexibility index (Phi) is 7.47. The highest BCUT2D eigenvalue weighted by Gasteiger charge is 2.54. The second-order valence-corrected chi connectivity index (χ2v) is 9.65. The normalized spacial score (nSPS) is 23.7. The van der Waals surface area contributed by atoms with Crippen molar-refractivity contribution >= 4 is 11.7 Å². The van der Waals surface area contributed by atoms with E-state index in [2.05, 4.69) is 5.32 Å². The number of amides is 1. The fourth-order valence-corrected chi connectivity index (χ4v) is 4.83. The summed E-state index contributed by atoms with van der Waals surface area (Å²) in [7, 11) is 0. The molecule has 2 aromatic rings. The first-order valence-corrected chi connectivity index (χ1v) is 11.7. The van der Waals surface area contributed by atoms with Crippen LogP contribution >= 0.6 is 0 Å². The van der Waals surface area contributed by atoms with Gasteiger partial charge in [0.15, 0.2) is 5.78 Å². The van der Waals surface area contributed by atoms with E-state index >= 15 is 0 Å². The third kappa shape index (κ3) is 5.44. The molecule has 194 valence electrons. The number of fused-ring (bicyclic) bond motifs is 1. The molecule has 0 aromatic heterocycles. The van der Waals surface area contributed by atoms with Crippen LogP contribution in [0.4, 0.5) is 22.0 Å². The molecular formula is C26H27F5N2O3. The molecule has 2 heterocycles. The van der Waals surface area contributed by atoms with Crippen molar-refractivity contribution in [3.63, 3.8) is 0 Å². The minimum atomic E-state index is -4.74. The van der Waals surface area contributed by atoms with Gasteiger partial charge < -0.3 is 9.64 Å². The van der Waals surface area contributed by atoms with Gasteiger partial charge in [-0.3, -0.25) is 14.9 Å². The number of alkyl halides is 4. The van der Waals surface area contributed by atoms with Crippen LogP contribution in [0.1, 0.15) is 31.9 Å². The Bertz CT molecular complexity index is 1090. The van der Waals surface area contributed by atoms with Crippen LogP contribution in [0.5, 0.6) is 0 Å². The van der Waals surface area contributed by atoms with Gasteiger partial charge in [0.05, 0.1) is 12.6 Å². The summed E-state index contributed by atoms with van der Waals surface area (Å²) in [5.74, 6) is -1.79. The number of nitrogens with one attached hydrogen (secondary N) is 1. The number of nitrogens with zero attached hydrogens (tertiary/aromatic N) is 1. The van der Waals surface area contributed by atoms with Crippen molar-refractivity contribution in [2.45, 2.75) is 56.8 Å². The van der Waals surface area contributed by atoms with Crippen molar-refractivity contribution in [2.75, 3.05) is 13.2 Å². The van der Waals surface area contributed by atoms with Gasteiger partial charge >= 0.3 is 6.18 Å². The van der Waals surface area contributed by atoms with Crippen LogP contribution in [0.2, 0.25) is 0 Å². The van der Waals surface area contributed by atoms with Gasteiger partial charge in [-0.2, -0.15) is 13.2 Å². The van der Waals surface area contributed by atoms with Crippen molar-refractivity contribution in [1.82, 2.24) is 10.2 Å². The fourth-order valence-electron chi connectivity index (χ4n) is 4.83. The smallest absolute Gasteiger partial charge is 0.365 e. The fraction of sp³-hybridized carbons (Fsp3) is 0.462. The lowest BCUT2D eigenvalue weighted by Crippen LogP contribution is -2.53. The van der Waals surface area contributed by atoms with Crippen LogP contribution in [-0.2, 0) is 14.3 Å². The molecule has 0 radical (unpaired) electrons. The van der Waals surface area contributed by atoms with Crippen molar-refractivity contribution in [1.29, 1.82) is 0 Å². The van der Waals surface area contributed by atoms with Gasteiger partial charge in [0.1, 0.15) is 36.8 Å². The molecular weight excluding hydrogens is 483 g/mol.